The SMILES string of the molecule is CN(C)c1ncccc1-c1cccc(S(=O)(=O)NCC2CCN(C3CC3)C2)c1. The van der Waals surface area contributed by atoms with Crippen molar-refractivity contribution in [2.24, 2.45) is 5.92 Å². The van der Waals surface area contributed by atoms with Gasteiger partial charge in [0.25, 0.3) is 0 Å². The molecule has 0 radical (unpaired) electrons. The predicted octanol–water partition coefficient (Wildman–Crippen LogP) is 2.58. The fourth-order valence-electron chi connectivity index (χ4n) is 3.92. The van der Waals surface area contributed by atoms with Crippen LogP contribution in [0.2, 0.25) is 0 Å². The molecule has 0 spiro atoms. The van der Waals surface area contributed by atoms with Crippen LogP contribution in [0.1, 0.15) is 19.3 Å². The molecule has 7 heteroatoms. The minimum Gasteiger partial charge on any atom is -0.362 e. The van der Waals surface area contributed by atoms with E-state index in [2.05, 4.69) is 14.6 Å². The number of nitrogens with one attached hydrogen (secondary N) is 1. The fraction of sp³-hybridized carbons (Fsp3) is 0.476. The molecule has 6 nitrogen and oxygen atoms in total. The van der Waals surface area contributed by atoms with Crippen molar-refractivity contribution in [1.82, 2.24) is 14.6 Å². The van der Waals surface area contributed by atoms with Gasteiger partial charge in [0.15, 0.2) is 0 Å². The minimum absolute atomic E-state index is 0.301. The second kappa shape index (κ2) is 7.81. The molecule has 1 unspecified atom stereocenters. The maximum absolute atomic E-state index is 12.9. The number of hydrogen-bond donors (Lipinski definition) is 1. The van der Waals surface area contributed by atoms with Crippen molar-refractivity contribution in [3.05, 3.63) is 42.6 Å². The van der Waals surface area contributed by atoms with Gasteiger partial charge in [0.1, 0.15) is 5.82 Å². The van der Waals surface area contributed by atoms with Crippen molar-refractivity contribution in [1.29, 1.82) is 0 Å². The quantitative estimate of drug-likeness (QED) is 0.774. The predicted molar refractivity (Wildman–Crippen MR) is 112 cm³/mol. The molecule has 150 valence electrons. The average Bonchev–Trinajstić information content (AvgIpc) is 3.44. The van der Waals surface area contributed by atoms with Crippen LogP contribution in [0.4, 0.5) is 5.82 Å². The summed E-state index contributed by atoms with van der Waals surface area (Å²) >= 11 is 0. The average molecular weight is 401 g/mol. The summed E-state index contributed by atoms with van der Waals surface area (Å²) in [5.74, 6) is 1.22. The summed E-state index contributed by atoms with van der Waals surface area (Å²) in [6.45, 7) is 2.61. The van der Waals surface area contributed by atoms with Gasteiger partial charge in [-0.05, 0) is 61.6 Å². The molecular formula is C21H28N4O2S. The molecular weight excluding hydrogens is 372 g/mol. The van der Waals surface area contributed by atoms with Crippen molar-refractivity contribution < 1.29 is 8.42 Å². The third-order valence-electron chi connectivity index (χ3n) is 5.61. The number of benzene rings is 1. The van der Waals surface area contributed by atoms with Crippen LogP contribution in [-0.2, 0) is 10.0 Å². The highest BCUT2D eigenvalue weighted by molar-refractivity contribution is 7.89. The van der Waals surface area contributed by atoms with E-state index < -0.39 is 10.0 Å². The van der Waals surface area contributed by atoms with Crippen molar-refractivity contribution in [3.63, 3.8) is 0 Å². The van der Waals surface area contributed by atoms with Gasteiger partial charge < -0.3 is 9.80 Å². The Morgan fingerprint density at radius 3 is 2.75 bits per heavy atom. The molecule has 1 saturated carbocycles. The second-order valence-corrected chi connectivity index (χ2v) is 9.80. The summed E-state index contributed by atoms with van der Waals surface area (Å²) in [5, 5.41) is 0. The maximum atomic E-state index is 12.9. The number of anilines is 1. The minimum atomic E-state index is -3.54. The lowest BCUT2D eigenvalue weighted by Crippen LogP contribution is -2.31. The number of likely N-dealkylation sites (tertiary alicyclic amines) is 1. The van der Waals surface area contributed by atoms with E-state index in [1.807, 2.05) is 37.2 Å². The standard InChI is InChI=1S/C21H28N4O2S/c1-24(2)21-20(7-4-11-22-21)17-5-3-6-19(13-17)28(26,27)23-14-16-10-12-25(15-16)18-8-9-18/h3-7,11,13,16,18,23H,8-10,12,14-15H2,1-2H3. The van der Waals surface area contributed by atoms with Crippen LogP contribution in [0, 0.1) is 5.92 Å². The molecule has 1 N–H and O–H groups in total. The first kappa shape index (κ1) is 19.4. The molecule has 2 fully saturated rings. The van der Waals surface area contributed by atoms with E-state index in [0.717, 1.165) is 42.5 Å². The molecule has 4 rings (SSSR count). The molecule has 1 aromatic heterocycles. The van der Waals surface area contributed by atoms with Gasteiger partial charge >= 0.3 is 0 Å². The molecule has 1 aromatic carbocycles. The Morgan fingerprint density at radius 2 is 2.00 bits per heavy atom. The number of pyridine rings is 1. The molecule has 28 heavy (non-hydrogen) atoms. The Hall–Kier alpha value is -1.96. The largest absolute Gasteiger partial charge is 0.362 e. The topological polar surface area (TPSA) is 65.5 Å². The van der Waals surface area contributed by atoms with Crippen molar-refractivity contribution >= 4 is 15.8 Å². The highest BCUT2D eigenvalue weighted by Gasteiger charge is 2.34. The third-order valence-corrected chi connectivity index (χ3v) is 7.03. The Bertz CT molecular complexity index is 941. The Balaban J connectivity index is 1.49. The number of aromatic nitrogens is 1. The third kappa shape index (κ3) is 4.21. The van der Waals surface area contributed by atoms with Gasteiger partial charge in [0.05, 0.1) is 4.90 Å². The van der Waals surface area contributed by atoms with Crippen LogP contribution in [-0.4, -0.2) is 58.1 Å². The number of nitrogens with zero attached hydrogens (tertiary/aromatic N) is 3. The molecule has 0 amide bonds. The van der Waals surface area contributed by atoms with Crippen LogP contribution in [0.3, 0.4) is 0 Å². The highest BCUT2D eigenvalue weighted by Crippen LogP contribution is 2.32. The van der Waals surface area contributed by atoms with Crippen LogP contribution in [0.15, 0.2) is 47.5 Å². The Labute approximate surface area is 167 Å². The maximum Gasteiger partial charge on any atom is 0.240 e. The highest BCUT2D eigenvalue weighted by atomic mass is 32.2. The van der Waals surface area contributed by atoms with E-state index in [0.29, 0.717) is 17.4 Å². The fourth-order valence-corrected chi connectivity index (χ4v) is 5.08. The monoisotopic (exact) mass is 400 g/mol. The van der Waals surface area contributed by atoms with Gasteiger partial charge in [-0.25, -0.2) is 18.1 Å². The van der Waals surface area contributed by atoms with E-state index in [1.54, 1.807) is 24.4 Å². The molecule has 1 aliphatic carbocycles. The van der Waals surface area contributed by atoms with Gasteiger partial charge in [-0.1, -0.05) is 12.1 Å². The van der Waals surface area contributed by atoms with Gasteiger partial charge in [0, 0.05) is 45.0 Å². The van der Waals surface area contributed by atoms with Crippen LogP contribution in [0.25, 0.3) is 11.1 Å². The smallest absolute Gasteiger partial charge is 0.240 e. The van der Waals surface area contributed by atoms with Crippen molar-refractivity contribution in [2.45, 2.75) is 30.2 Å². The lowest BCUT2D eigenvalue weighted by atomic mass is 10.1. The first-order valence-electron chi connectivity index (χ1n) is 9.90. The molecule has 0 bridgehead atoms. The van der Waals surface area contributed by atoms with Crippen molar-refractivity contribution in [2.75, 3.05) is 38.6 Å². The summed E-state index contributed by atoms with van der Waals surface area (Å²) in [6.07, 6.45) is 5.41. The zero-order valence-electron chi connectivity index (χ0n) is 16.5. The lowest BCUT2D eigenvalue weighted by molar-refractivity contribution is 0.314. The van der Waals surface area contributed by atoms with Gasteiger partial charge in [-0.2, -0.15) is 0 Å². The summed E-state index contributed by atoms with van der Waals surface area (Å²) in [6, 6.07) is 11.7. The molecule has 1 aliphatic heterocycles. The molecule has 2 aromatic rings. The van der Waals surface area contributed by atoms with Crippen LogP contribution in [0.5, 0.6) is 0 Å². The van der Waals surface area contributed by atoms with Gasteiger partial charge in [0.2, 0.25) is 10.0 Å². The lowest BCUT2D eigenvalue weighted by Gasteiger charge is -2.17. The van der Waals surface area contributed by atoms with Crippen molar-refractivity contribution in [3.8, 4) is 11.1 Å². The number of rotatable bonds is 7. The molecule has 2 heterocycles. The number of sulfonamides is 1. The molecule has 2 aliphatic rings. The van der Waals surface area contributed by atoms with E-state index in [9.17, 15) is 8.42 Å². The van der Waals surface area contributed by atoms with E-state index in [-0.39, 0.29) is 0 Å². The summed E-state index contributed by atoms with van der Waals surface area (Å²) in [7, 11) is 0.326. The molecule has 1 saturated heterocycles. The van der Waals surface area contributed by atoms with Gasteiger partial charge in [-0.3, -0.25) is 0 Å². The van der Waals surface area contributed by atoms with Crippen LogP contribution < -0.4 is 9.62 Å². The normalized spacial score (nSPS) is 20.4. The Morgan fingerprint density at radius 1 is 1.18 bits per heavy atom. The molecule has 1 atom stereocenters. The van der Waals surface area contributed by atoms with Gasteiger partial charge in [-0.15, -0.1) is 0 Å². The first-order chi connectivity index (χ1) is 13.4. The number of hydrogen-bond acceptors (Lipinski definition) is 5. The first-order valence-corrected chi connectivity index (χ1v) is 11.4. The summed E-state index contributed by atoms with van der Waals surface area (Å²) < 4.78 is 28.6. The summed E-state index contributed by atoms with van der Waals surface area (Å²) in [4.78, 5) is 9.15. The zero-order valence-corrected chi connectivity index (χ0v) is 17.3. The zero-order chi connectivity index (χ0) is 19.7. The van der Waals surface area contributed by atoms with Crippen LogP contribution >= 0.6 is 0 Å². The Kier molecular flexibility index (Phi) is 5.40. The second-order valence-electron chi connectivity index (χ2n) is 8.03. The van der Waals surface area contributed by atoms with E-state index in [1.165, 1.54) is 12.8 Å². The summed E-state index contributed by atoms with van der Waals surface area (Å²) in [5.41, 5.74) is 1.76. The van der Waals surface area contributed by atoms with E-state index in [4.69, 9.17) is 0 Å². The van der Waals surface area contributed by atoms with E-state index >= 15 is 0 Å².